The molecule has 6 aromatic carbocycles. The van der Waals surface area contributed by atoms with Crippen LogP contribution in [0.5, 0.6) is 0 Å². The Balaban J connectivity index is 1.29. The van der Waals surface area contributed by atoms with Gasteiger partial charge in [-0.2, -0.15) is 0 Å². The number of nitrogens with zero attached hydrogens (tertiary/aromatic N) is 2. The van der Waals surface area contributed by atoms with E-state index in [1.54, 1.807) is 0 Å². The molecule has 0 N–H and O–H groups in total. The number of rotatable bonds is 3. The third-order valence-electron chi connectivity index (χ3n) is 9.67. The molecule has 0 saturated carbocycles. The Hall–Kier alpha value is -5.60. The number of fused-ring (bicyclic) bond motifs is 10. The Morgan fingerprint density at radius 1 is 0.444 bits per heavy atom. The van der Waals surface area contributed by atoms with Crippen molar-refractivity contribution in [3.8, 4) is 44.9 Å². The van der Waals surface area contributed by atoms with Gasteiger partial charge in [-0.25, -0.2) is 4.98 Å². The molecule has 8 aromatic rings. The normalized spacial score (nSPS) is 13.3. The molecule has 1 aliphatic carbocycles. The molecule has 0 spiro atoms. The zero-order chi connectivity index (χ0) is 30.1. The highest BCUT2D eigenvalue weighted by atomic mass is 14.8. The third kappa shape index (κ3) is 3.82. The van der Waals surface area contributed by atoms with E-state index in [0.717, 1.165) is 22.6 Å². The van der Waals surface area contributed by atoms with Crippen molar-refractivity contribution >= 4 is 32.3 Å². The van der Waals surface area contributed by atoms with Gasteiger partial charge in [0.25, 0.3) is 0 Å². The molecule has 0 amide bonds. The first kappa shape index (κ1) is 25.9. The minimum absolute atomic E-state index is 0.177. The number of pyridine rings is 2. The maximum absolute atomic E-state index is 5.01. The average molecular weight is 575 g/mol. The number of benzene rings is 6. The largest absolute Gasteiger partial charge is 0.255 e. The number of hydrogen-bond donors (Lipinski definition) is 0. The van der Waals surface area contributed by atoms with Gasteiger partial charge in [0.2, 0.25) is 0 Å². The summed E-state index contributed by atoms with van der Waals surface area (Å²) in [6.45, 7) is 4.81. The zero-order valence-corrected chi connectivity index (χ0v) is 25.3. The maximum Gasteiger partial charge on any atom is 0.0893 e. The minimum atomic E-state index is -0.177. The topological polar surface area (TPSA) is 25.8 Å². The molecular formula is C43H30N2. The summed E-state index contributed by atoms with van der Waals surface area (Å²) in [5.74, 6) is 0. The first-order chi connectivity index (χ1) is 22.1. The lowest BCUT2D eigenvalue weighted by Gasteiger charge is -2.25. The van der Waals surface area contributed by atoms with Crippen LogP contribution in [0.25, 0.3) is 77.2 Å². The molecule has 0 fully saturated rings. The van der Waals surface area contributed by atoms with Crippen LogP contribution in [0, 0.1) is 0 Å². The first-order valence-electron chi connectivity index (χ1n) is 15.6. The van der Waals surface area contributed by atoms with Crippen LogP contribution in [-0.4, -0.2) is 9.97 Å². The molecule has 45 heavy (non-hydrogen) atoms. The molecule has 2 nitrogen and oxygen atoms in total. The fourth-order valence-electron chi connectivity index (χ4n) is 7.66. The fourth-order valence-corrected chi connectivity index (χ4v) is 7.66. The Morgan fingerprint density at radius 3 is 1.78 bits per heavy atom. The van der Waals surface area contributed by atoms with Crippen LogP contribution in [0.3, 0.4) is 0 Å². The highest BCUT2D eigenvalue weighted by molar-refractivity contribution is 6.22. The van der Waals surface area contributed by atoms with Gasteiger partial charge in [-0.1, -0.05) is 117 Å². The molecule has 2 aromatic heterocycles. The molecule has 9 rings (SSSR count). The molecule has 0 saturated heterocycles. The monoisotopic (exact) mass is 574 g/mol. The number of aromatic nitrogens is 2. The summed E-state index contributed by atoms with van der Waals surface area (Å²) >= 11 is 0. The van der Waals surface area contributed by atoms with Gasteiger partial charge in [0.1, 0.15) is 0 Å². The van der Waals surface area contributed by atoms with Crippen molar-refractivity contribution in [2.75, 3.05) is 0 Å². The second-order valence-corrected chi connectivity index (χ2v) is 12.6. The van der Waals surface area contributed by atoms with Crippen molar-refractivity contribution in [1.29, 1.82) is 0 Å². The Kier molecular flexibility index (Phi) is 5.58. The summed E-state index contributed by atoms with van der Waals surface area (Å²) in [5.41, 5.74) is 11.6. The second kappa shape index (κ2) is 9.70. The lowest BCUT2D eigenvalue weighted by molar-refractivity contribution is 0.667. The van der Waals surface area contributed by atoms with E-state index in [9.17, 15) is 0 Å². The summed E-state index contributed by atoms with van der Waals surface area (Å²) in [5, 5.41) is 7.89. The van der Waals surface area contributed by atoms with E-state index in [-0.39, 0.29) is 5.41 Å². The Morgan fingerprint density at radius 2 is 1.02 bits per heavy atom. The van der Waals surface area contributed by atoms with Crippen LogP contribution in [0.2, 0.25) is 0 Å². The van der Waals surface area contributed by atoms with Gasteiger partial charge in [-0.3, -0.25) is 4.98 Å². The fraction of sp³-hybridized carbons (Fsp3) is 0.0698. The van der Waals surface area contributed by atoms with E-state index in [2.05, 4.69) is 134 Å². The smallest absolute Gasteiger partial charge is 0.0893 e. The Labute approximate surface area is 262 Å². The maximum atomic E-state index is 5.01. The van der Waals surface area contributed by atoms with Crippen molar-refractivity contribution < 1.29 is 0 Å². The summed E-state index contributed by atoms with van der Waals surface area (Å²) in [7, 11) is 0. The summed E-state index contributed by atoms with van der Waals surface area (Å²) < 4.78 is 0. The van der Waals surface area contributed by atoms with Gasteiger partial charge in [0.15, 0.2) is 0 Å². The predicted molar refractivity (Wildman–Crippen MR) is 188 cm³/mol. The van der Waals surface area contributed by atoms with Gasteiger partial charge >= 0.3 is 0 Å². The molecule has 0 bridgehead atoms. The van der Waals surface area contributed by atoms with E-state index >= 15 is 0 Å². The van der Waals surface area contributed by atoms with Gasteiger partial charge in [-0.05, 0) is 102 Å². The van der Waals surface area contributed by atoms with Crippen LogP contribution in [-0.2, 0) is 5.41 Å². The minimum Gasteiger partial charge on any atom is -0.255 e. The van der Waals surface area contributed by atoms with Gasteiger partial charge < -0.3 is 0 Å². The summed E-state index contributed by atoms with van der Waals surface area (Å²) in [6.07, 6.45) is 1.81. The molecule has 2 heterocycles. The summed E-state index contributed by atoms with van der Waals surface area (Å²) in [6, 6.07) is 50.2. The predicted octanol–water partition coefficient (Wildman–Crippen LogP) is 11.2. The SMILES string of the molecule is CC1(C)c2cc(-c3cccc(-c4cccc(-c5ccccn5)n4)c3)c3ccccc3c2-c2c1c1ccccc1c1ccccc21. The van der Waals surface area contributed by atoms with Crippen molar-refractivity contribution in [2.24, 2.45) is 0 Å². The lowest BCUT2D eigenvalue weighted by atomic mass is 9.78. The molecule has 0 unspecified atom stereocenters. The molecule has 2 heteroatoms. The van der Waals surface area contributed by atoms with Crippen LogP contribution >= 0.6 is 0 Å². The van der Waals surface area contributed by atoms with Crippen molar-refractivity contribution in [1.82, 2.24) is 9.97 Å². The van der Waals surface area contributed by atoms with Gasteiger partial charge in [0, 0.05) is 17.2 Å². The van der Waals surface area contributed by atoms with E-state index < -0.39 is 0 Å². The molecule has 0 atom stereocenters. The second-order valence-electron chi connectivity index (χ2n) is 12.6. The molecular weight excluding hydrogens is 544 g/mol. The van der Waals surface area contributed by atoms with Crippen molar-refractivity contribution in [2.45, 2.75) is 19.3 Å². The van der Waals surface area contributed by atoms with Crippen molar-refractivity contribution in [3.63, 3.8) is 0 Å². The van der Waals surface area contributed by atoms with E-state index in [1.807, 2.05) is 30.5 Å². The highest BCUT2D eigenvalue weighted by Gasteiger charge is 2.40. The quantitative estimate of drug-likeness (QED) is 0.196. The Bertz CT molecular complexity index is 2450. The zero-order valence-electron chi connectivity index (χ0n) is 25.3. The van der Waals surface area contributed by atoms with Crippen LogP contribution < -0.4 is 0 Å². The van der Waals surface area contributed by atoms with Crippen LogP contribution in [0.1, 0.15) is 25.0 Å². The molecule has 0 aliphatic heterocycles. The van der Waals surface area contributed by atoms with E-state index in [0.29, 0.717) is 0 Å². The van der Waals surface area contributed by atoms with E-state index in [1.165, 1.54) is 65.7 Å². The highest BCUT2D eigenvalue weighted by Crippen LogP contribution is 2.57. The average Bonchev–Trinajstić information content (AvgIpc) is 3.35. The van der Waals surface area contributed by atoms with Crippen LogP contribution in [0.15, 0.2) is 146 Å². The van der Waals surface area contributed by atoms with Crippen LogP contribution in [0.4, 0.5) is 0 Å². The lowest BCUT2D eigenvalue weighted by Crippen LogP contribution is -2.16. The first-order valence-corrected chi connectivity index (χ1v) is 15.6. The van der Waals surface area contributed by atoms with Gasteiger partial charge in [-0.15, -0.1) is 0 Å². The van der Waals surface area contributed by atoms with Gasteiger partial charge in [0.05, 0.1) is 17.1 Å². The molecule has 0 radical (unpaired) electrons. The molecule has 212 valence electrons. The van der Waals surface area contributed by atoms with E-state index in [4.69, 9.17) is 4.98 Å². The third-order valence-corrected chi connectivity index (χ3v) is 9.67. The molecule has 1 aliphatic rings. The standard InChI is InChI=1S/C43H30N2/c1-43(2)36-26-35(27-13-11-14-28(25-27)37-22-12-23-39(45-37)38-21-9-10-24-44-38)31-17-4-6-18-32(31)40(36)41-33-19-7-3-15-29(33)30-16-5-8-20-34(30)42(41)43/h3-26H,1-2H3. The van der Waals surface area contributed by atoms with Crippen molar-refractivity contribution in [3.05, 3.63) is 157 Å². The summed E-state index contributed by atoms with van der Waals surface area (Å²) in [4.78, 5) is 9.54. The number of hydrogen-bond acceptors (Lipinski definition) is 2.